The van der Waals surface area contributed by atoms with Gasteiger partial charge in [-0.15, -0.1) is 0 Å². The Bertz CT molecular complexity index is 1220. The van der Waals surface area contributed by atoms with Crippen molar-refractivity contribution in [3.63, 3.8) is 0 Å². The first-order valence-corrected chi connectivity index (χ1v) is 10.9. The molecule has 0 unspecified atom stereocenters. The zero-order valence-electron chi connectivity index (χ0n) is 18.6. The van der Waals surface area contributed by atoms with E-state index in [0.717, 1.165) is 30.3 Å². The molecule has 3 aromatic rings. The molecule has 0 aliphatic heterocycles. The fourth-order valence-electron chi connectivity index (χ4n) is 4.01. The first-order valence-electron chi connectivity index (χ1n) is 10.9. The first-order chi connectivity index (χ1) is 16.4. The molecule has 1 fully saturated rings. The summed E-state index contributed by atoms with van der Waals surface area (Å²) in [5.74, 6) is -0.210. The van der Waals surface area contributed by atoms with Gasteiger partial charge in [-0.3, -0.25) is 19.5 Å². The molecule has 1 saturated carbocycles. The average Bonchev–Trinajstić information content (AvgIpc) is 3.43. The summed E-state index contributed by atoms with van der Waals surface area (Å²) in [6.07, 6.45) is 4.18. The van der Waals surface area contributed by atoms with Gasteiger partial charge in [-0.1, -0.05) is 12.1 Å². The summed E-state index contributed by atoms with van der Waals surface area (Å²) in [7, 11) is 1.53. The molecular weight excluding hydrogens is 442 g/mol. The second-order valence-electron chi connectivity index (χ2n) is 8.10. The van der Waals surface area contributed by atoms with Gasteiger partial charge in [-0.2, -0.15) is 0 Å². The van der Waals surface area contributed by atoms with Crippen LogP contribution in [0.4, 0.5) is 11.4 Å². The third-order valence-corrected chi connectivity index (χ3v) is 5.78. The number of nitrogens with zero attached hydrogens (tertiary/aromatic N) is 2. The van der Waals surface area contributed by atoms with Crippen molar-refractivity contribution in [1.82, 2.24) is 4.57 Å². The topological polar surface area (TPSA) is 136 Å². The summed E-state index contributed by atoms with van der Waals surface area (Å²) in [5, 5.41) is 34.5. The third kappa shape index (κ3) is 4.90. The number of benzene rings is 2. The Morgan fingerprint density at radius 3 is 2.62 bits per heavy atom. The minimum absolute atomic E-state index is 0.00186. The van der Waals surface area contributed by atoms with E-state index < -0.39 is 10.8 Å². The van der Waals surface area contributed by atoms with Crippen LogP contribution in [0, 0.1) is 10.1 Å². The van der Waals surface area contributed by atoms with Crippen LogP contribution in [0.15, 0.2) is 48.5 Å². The number of methoxy groups -OCH3 is 1. The molecule has 0 atom stereocenters. The number of nitro groups is 1. The third-order valence-electron chi connectivity index (χ3n) is 5.78. The molecule has 0 radical (unpaired) electrons. The lowest BCUT2D eigenvalue weighted by Crippen LogP contribution is -2.14. The fraction of sp³-hybridized carbons (Fsp3) is 0.292. The maximum absolute atomic E-state index is 12.9. The van der Waals surface area contributed by atoms with E-state index in [1.165, 1.54) is 31.4 Å². The predicted octanol–water partition coefficient (Wildman–Crippen LogP) is 4.44. The van der Waals surface area contributed by atoms with Crippen LogP contribution >= 0.6 is 0 Å². The molecule has 0 bridgehead atoms. The summed E-state index contributed by atoms with van der Waals surface area (Å²) in [5.41, 5.74) is 0.686. The fourth-order valence-corrected chi connectivity index (χ4v) is 4.01. The van der Waals surface area contributed by atoms with Gasteiger partial charge in [-0.25, -0.2) is 0 Å². The molecule has 1 amide bonds. The molecule has 4 rings (SSSR count). The number of carbonyl (C=O) groups is 1. The van der Waals surface area contributed by atoms with Crippen molar-refractivity contribution < 1.29 is 29.4 Å². The number of aromatic hydroxyl groups is 2. The van der Waals surface area contributed by atoms with Crippen molar-refractivity contribution in [1.29, 1.82) is 0 Å². The number of anilines is 1. The number of nitrogens with one attached hydrogen (secondary N) is 1. The van der Waals surface area contributed by atoms with Gasteiger partial charge in [0.2, 0.25) is 5.88 Å². The van der Waals surface area contributed by atoms with E-state index in [4.69, 9.17) is 9.47 Å². The van der Waals surface area contributed by atoms with E-state index in [0.29, 0.717) is 22.6 Å². The van der Waals surface area contributed by atoms with Crippen molar-refractivity contribution in [3.8, 4) is 23.3 Å². The number of nitro benzene ring substituents is 1. The van der Waals surface area contributed by atoms with Gasteiger partial charge >= 0.3 is 0 Å². The largest absolute Gasteiger partial charge is 0.494 e. The first kappa shape index (κ1) is 23.0. The van der Waals surface area contributed by atoms with E-state index in [1.807, 2.05) is 0 Å². The Hall–Kier alpha value is -4.21. The SMILES string of the molecule is COc1ccc(C(=O)Nc2cc(O)n(Cc3cccc([N+](=O)[O-])c3)c2O)cc1OC1CCCC1. The normalized spacial score (nSPS) is 13.6. The summed E-state index contributed by atoms with van der Waals surface area (Å²) >= 11 is 0. The molecule has 1 aromatic heterocycles. The molecule has 2 aromatic carbocycles. The minimum Gasteiger partial charge on any atom is -0.494 e. The zero-order chi connectivity index (χ0) is 24.2. The highest BCUT2D eigenvalue weighted by Crippen LogP contribution is 2.35. The molecule has 34 heavy (non-hydrogen) atoms. The van der Waals surface area contributed by atoms with Crippen LogP contribution in [-0.4, -0.2) is 38.8 Å². The molecule has 0 spiro atoms. The van der Waals surface area contributed by atoms with Gasteiger partial charge in [0.1, 0.15) is 5.69 Å². The molecule has 178 valence electrons. The van der Waals surface area contributed by atoms with Gasteiger partial charge in [0, 0.05) is 23.8 Å². The maximum Gasteiger partial charge on any atom is 0.269 e. The zero-order valence-corrected chi connectivity index (χ0v) is 18.6. The van der Waals surface area contributed by atoms with Crippen LogP contribution in [0.1, 0.15) is 41.6 Å². The molecule has 1 aliphatic rings. The molecule has 1 heterocycles. The summed E-state index contributed by atoms with van der Waals surface area (Å²) < 4.78 is 12.5. The van der Waals surface area contributed by atoms with E-state index in [9.17, 15) is 25.1 Å². The predicted molar refractivity (Wildman–Crippen MR) is 124 cm³/mol. The van der Waals surface area contributed by atoms with E-state index in [-0.39, 0.29) is 35.8 Å². The van der Waals surface area contributed by atoms with Gasteiger partial charge in [0.15, 0.2) is 17.4 Å². The maximum atomic E-state index is 12.9. The highest BCUT2D eigenvalue weighted by molar-refractivity contribution is 6.05. The number of amides is 1. The van der Waals surface area contributed by atoms with Crippen LogP contribution in [0.3, 0.4) is 0 Å². The highest BCUT2D eigenvalue weighted by Gasteiger charge is 2.21. The molecule has 10 heteroatoms. The van der Waals surface area contributed by atoms with Gasteiger partial charge in [0.25, 0.3) is 11.6 Å². The number of hydrogen-bond acceptors (Lipinski definition) is 7. The smallest absolute Gasteiger partial charge is 0.269 e. The van der Waals surface area contributed by atoms with Crippen molar-refractivity contribution in [2.24, 2.45) is 0 Å². The quantitative estimate of drug-likeness (QED) is 0.329. The van der Waals surface area contributed by atoms with E-state index in [2.05, 4.69) is 5.32 Å². The lowest BCUT2D eigenvalue weighted by molar-refractivity contribution is -0.384. The summed E-state index contributed by atoms with van der Waals surface area (Å²) in [4.78, 5) is 23.3. The number of rotatable bonds is 8. The number of aromatic nitrogens is 1. The second kappa shape index (κ2) is 9.74. The van der Waals surface area contributed by atoms with Crippen LogP contribution in [0.5, 0.6) is 23.3 Å². The van der Waals surface area contributed by atoms with E-state index >= 15 is 0 Å². The summed E-state index contributed by atoms with van der Waals surface area (Å²) in [6, 6.07) is 11.9. The van der Waals surface area contributed by atoms with Crippen LogP contribution in [0.25, 0.3) is 0 Å². The Labute approximate surface area is 195 Å². The molecule has 0 saturated heterocycles. The van der Waals surface area contributed by atoms with Crippen molar-refractivity contribution >= 4 is 17.3 Å². The van der Waals surface area contributed by atoms with Gasteiger partial charge < -0.3 is 25.0 Å². The van der Waals surface area contributed by atoms with Crippen LogP contribution < -0.4 is 14.8 Å². The number of ether oxygens (including phenoxy) is 2. The van der Waals surface area contributed by atoms with Crippen molar-refractivity contribution in [3.05, 3.63) is 69.8 Å². The standard InChI is InChI=1S/C24H25N3O7/c1-33-20-10-9-16(12-21(20)34-18-7-2-3-8-18)23(29)25-19-13-22(28)26(24(19)30)14-15-5-4-6-17(11-15)27(31)32/h4-6,9-13,18,28,30H,2-3,7-8,14H2,1H3,(H,25,29). The Kier molecular flexibility index (Phi) is 6.58. The number of hydrogen-bond donors (Lipinski definition) is 3. The number of non-ortho nitro benzene ring substituents is 1. The molecular formula is C24H25N3O7. The van der Waals surface area contributed by atoms with Crippen LogP contribution in [-0.2, 0) is 6.54 Å². The number of carbonyl (C=O) groups excluding carboxylic acids is 1. The monoisotopic (exact) mass is 467 g/mol. The van der Waals surface area contributed by atoms with Crippen molar-refractivity contribution in [2.45, 2.75) is 38.3 Å². The summed E-state index contributed by atoms with van der Waals surface area (Å²) in [6.45, 7) is -0.0306. The van der Waals surface area contributed by atoms with Gasteiger partial charge in [0.05, 0.1) is 24.7 Å². The van der Waals surface area contributed by atoms with Gasteiger partial charge in [-0.05, 0) is 49.4 Å². The highest BCUT2D eigenvalue weighted by atomic mass is 16.6. The Morgan fingerprint density at radius 1 is 1.15 bits per heavy atom. The average molecular weight is 467 g/mol. The Morgan fingerprint density at radius 2 is 1.91 bits per heavy atom. The van der Waals surface area contributed by atoms with E-state index in [1.54, 1.807) is 24.3 Å². The minimum atomic E-state index is -0.524. The lowest BCUT2D eigenvalue weighted by Gasteiger charge is -2.16. The Balaban J connectivity index is 1.52. The molecule has 1 aliphatic carbocycles. The molecule has 10 nitrogen and oxygen atoms in total. The lowest BCUT2D eigenvalue weighted by atomic mass is 10.1. The second-order valence-corrected chi connectivity index (χ2v) is 8.10. The molecule has 3 N–H and O–H groups in total. The van der Waals surface area contributed by atoms with Crippen LogP contribution in [0.2, 0.25) is 0 Å². The van der Waals surface area contributed by atoms with Crippen molar-refractivity contribution in [2.75, 3.05) is 12.4 Å².